The second kappa shape index (κ2) is 9.61. The predicted molar refractivity (Wildman–Crippen MR) is 101 cm³/mol. The van der Waals surface area contributed by atoms with Crippen LogP contribution in [-0.4, -0.2) is 29.6 Å². The molecule has 1 aromatic carbocycles. The quantitative estimate of drug-likeness (QED) is 0.402. The Labute approximate surface area is 178 Å². The Morgan fingerprint density at radius 3 is 2.40 bits per heavy atom. The molecule has 0 saturated carbocycles. The fourth-order valence-electron chi connectivity index (χ4n) is 2.42. The van der Waals surface area contributed by atoms with Crippen LogP contribution in [0.25, 0.3) is 11.3 Å². The third-order valence-corrected chi connectivity index (χ3v) is 4.37. The molecule has 1 atom stereocenters. The number of hydrogen-bond donors (Lipinski definition) is 0. The van der Waals surface area contributed by atoms with E-state index in [1.54, 1.807) is 6.92 Å². The van der Waals surface area contributed by atoms with Gasteiger partial charge in [0.2, 0.25) is 0 Å². The van der Waals surface area contributed by atoms with Crippen LogP contribution in [0.2, 0.25) is 10.0 Å². The topological polar surface area (TPSA) is 65.5 Å². The van der Waals surface area contributed by atoms with Gasteiger partial charge >= 0.3 is 18.1 Å². The average molecular weight is 468 g/mol. The van der Waals surface area contributed by atoms with E-state index in [1.165, 1.54) is 6.92 Å². The highest BCUT2D eigenvalue weighted by Crippen LogP contribution is 2.36. The largest absolute Gasteiger partial charge is 0.466 e. The molecule has 0 fully saturated rings. The van der Waals surface area contributed by atoms with E-state index in [-0.39, 0.29) is 34.9 Å². The number of aromatic nitrogens is 1. The Morgan fingerprint density at radius 2 is 1.83 bits per heavy atom. The number of benzene rings is 1. The van der Waals surface area contributed by atoms with Crippen LogP contribution in [0.15, 0.2) is 24.4 Å². The van der Waals surface area contributed by atoms with Crippen LogP contribution >= 0.6 is 23.2 Å². The van der Waals surface area contributed by atoms with Crippen molar-refractivity contribution in [3.05, 3.63) is 51.4 Å². The molecular formula is C19H15Cl2F4NO4. The average Bonchev–Trinajstić information content (AvgIpc) is 2.61. The number of carbonyl (C=O) groups excluding carboxylic acids is 2. The molecule has 1 aromatic heterocycles. The highest BCUT2D eigenvalue weighted by Gasteiger charge is 2.32. The van der Waals surface area contributed by atoms with Crippen molar-refractivity contribution in [1.82, 2.24) is 4.98 Å². The van der Waals surface area contributed by atoms with Crippen LogP contribution in [0, 0.1) is 5.82 Å². The molecule has 0 radical (unpaired) electrons. The van der Waals surface area contributed by atoms with E-state index in [9.17, 15) is 27.2 Å². The SMILES string of the molecule is CCOC(=O)C[C@@H](C)OC(=O)c1cc(-c2ncc(C(F)(F)F)cc2Cl)c(F)cc1Cl. The van der Waals surface area contributed by atoms with Gasteiger partial charge in [-0.25, -0.2) is 9.18 Å². The molecule has 162 valence electrons. The van der Waals surface area contributed by atoms with Gasteiger partial charge in [-0.1, -0.05) is 23.2 Å². The van der Waals surface area contributed by atoms with Crippen molar-refractivity contribution in [2.24, 2.45) is 0 Å². The molecule has 0 aliphatic heterocycles. The maximum Gasteiger partial charge on any atom is 0.417 e. The van der Waals surface area contributed by atoms with Gasteiger partial charge in [0.05, 0.1) is 39.9 Å². The predicted octanol–water partition coefficient (Wildman–Crippen LogP) is 5.71. The number of ether oxygens (including phenoxy) is 2. The fraction of sp³-hybridized carbons (Fsp3) is 0.316. The first-order valence-corrected chi connectivity index (χ1v) is 9.28. The van der Waals surface area contributed by atoms with Gasteiger partial charge in [-0.05, 0) is 32.0 Å². The second-order valence-corrected chi connectivity index (χ2v) is 6.90. The van der Waals surface area contributed by atoms with E-state index in [0.29, 0.717) is 12.3 Å². The van der Waals surface area contributed by atoms with Crippen molar-refractivity contribution >= 4 is 35.1 Å². The minimum Gasteiger partial charge on any atom is -0.466 e. The lowest BCUT2D eigenvalue weighted by Crippen LogP contribution is -2.20. The summed E-state index contributed by atoms with van der Waals surface area (Å²) in [6, 6.07) is 2.36. The van der Waals surface area contributed by atoms with Gasteiger partial charge in [-0.3, -0.25) is 9.78 Å². The minimum atomic E-state index is -4.68. The number of nitrogens with zero attached hydrogens (tertiary/aromatic N) is 1. The first-order valence-electron chi connectivity index (χ1n) is 8.52. The molecule has 30 heavy (non-hydrogen) atoms. The number of rotatable bonds is 6. The summed E-state index contributed by atoms with van der Waals surface area (Å²) in [5.41, 5.74) is -2.05. The molecule has 5 nitrogen and oxygen atoms in total. The van der Waals surface area contributed by atoms with E-state index in [1.807, 2.05) is 0 Å². The number of halogens is 6. The molecule has 0 unspecified atom stereocenters. The summed E-state index contributed by atoms with van der Waals surface area (Å²) < 4.78 is 62.6. The third-order valence-electron chi connectivity index (χ3n) is 3.77. The molecule has 0 spiro atoms. The molecule has 0 N–H and O–H groups in total. The van der Waals surface area contributed by atoms with Crippen molar-refractivity contribution in [1.29, 1.82) is 0 Å². The van der Waals surface area contributed by atoms with Gasteiger partial charge in [0, 0.05) is 11.8 Å². The van der Waals surface area contributed by atoms with E-state index < -0.39 is 40.6 Å². The first-order chi connectivity index (χ1) is 13.9. The van der Waals surface area contributed by atoms with Crippen molar-refractivity contribution in [3.63, 3.8) is 0 Å². The molecule has 0 amide bonds. The van der Waals surface area contributed by atoms with Gasteiger partial charge in [0.15, 0.2) is 0 Å². The van der Waals surface area contributed by atoms with E-state index in [2.05, 4.69) is 4.98 Å². The Hall–Kier alpha value is -2.39. The van der Waals surface area contributed by atoms with E-state index in [4.69, 9.17) is 32.7 Å². The highest BCUT2D eigenvalue weighted by atomic mass is 35.5. The van der Waals surface area contributed by atoms with Crippen LogP contribution in [0.4, 0.5) is 17.6 Å². The summed E-state index contributed by atoms with van der Waals surface area (Å²) in [5.74, 6) is -2.50. The summed E-state index contributed by atoms with van der Waals surface area (Å²) in [5, 5.41) is -0.770. The summed E-state index contributed by atoms with van der Waals surface area (Å²) in [7, 11) is 0. The van der Waals surface area contributed by atoms with Crippen LogP contribution in [0.3, 0.4) is 0 Å². The Balaban J connectivity index is 2.34. The van der Waals surface area contributed by atoms with Crippen molar-refractivity contribution < 1.29 is 36.6 Å². The van der Waals surface area contributed by atoms with E-state index in [0.717, 1.165) is 12.1 Å². The normalized spacial score (nSPS) is 12.4. The lowest BCUT2D eigenvalue weighted by Gasteiger charge is -2.15. The molecule has 0 bridgehead atoms. The molecule has 2 rings (SSSR count). The van der Waals surface area contributed by atoms with Crippen LogP contribution in [0.5, 0.6) is 0 Å². The molecule has 0 saturated heterocycles. The minimum absolute atomic E-state index is 0.160. The molecule has 0 aliphatic carbocycles. The zero-order chi connectivity index (χ0) is 22.6. The second-order valence-electron chi connectivity index (χ2n) is 6.09. The summed E-state index contributed by atoms with van der Waals surface area (Å²) in [4.78, 5) is 27.4. The lowest BCUT2D eigenvalue weighted by atomic mass is 10.1. The molecular weight excluding hydrogens is 453 g/mol. The van der Waals surface area contributed by atoms with Gasteiger partial charge in [-0.15, -0.1) is 0 Å². The number of esters is 2. The zero-order valence-corrected chi connectivity index (χ0v) is 17.2. The number of pyridine rings is 1. The molecule has 1 heterocycles. The number of carbonyl (C=O) groups is 2. The van der Waals surface area contributed by atoms with Crippen molar-refractivity contribution in [2.45, 2.75) is 32.5 Å². The third kappa shape index (κ3) is 5.82. The Morgan fingerprint density at radius 1 is 1.17 bits per heavy atom. The Bertz CT molecular complexity index is 966. The van der Waals surface area contributed by atoms with Crippen molar-refractivity contribution in [3.8, 4) is 11.3 Å². The first kappa shape index (κ1) is 23.9. The fourth-order valence-corrected chi connectivity index (χ4v) is 2.92. The van der Waals surface area contributed by atoms with Gasteiger partial charge in [0.1, 0.15) is 11.9 Å². The number of hydrogen-bond acceptors (Lipinski definition) is 5. The van der Waals surface area contributed by atoms with Crippen LogP contribution < -0.4 is 0 Å². The van der Waals surface area contributed by atoms with Gasteiger partial charge < -0.3 is 9.47 Å². The maximum absolute atomic E-state index is 14.4. The standard InChI is InChI=1S/C19H15Cl2F4NO4/c1-3-29-16(27)4-9(2)30-18(28)11-6-12(15(22)7-13(11)20)17-14(21)5-10(8-26-17)19(23,24)25/h5-9H,3-4H2,1-2H3/t9-/m1/s1. The zero-order valence-electron chi connectivity index (χ0n) is 15.6. The van der Waals surface area contributed by atoms with Gasteiger partial charge in [-0.2, -0.15) is 13.2 Å². The summed E-state index contributed by atoms with van der Waals surface area (Å²) in [6.45, 7) is 3.23. The van der Waals surface area contributed by atoms with Gasteiger partial charge in [0.25, 0.3) is 0 Å². The monoisotopic (exact) mass is 467 g/mol. The van der Waals surface area contributed by atoms with E-state index >= 15 is 0 Å². The summed E-state index contributed by atoms with van der Waals surface area (Å²) >= 11 is 11.8. The van der Waals surface area contributed by atoms with Crippen molar-refractivity contribution in [2.75, 3.05) is 6.61 Å². The Kier molecular flexibility index (Phi) is 7.65. The molecule has 11 heteroatoms. The van der Waals surface area contributed by atoms with Crippen LogP contribution in [0.1, 0.15) is 36.2 Å². The lowest BCUT2D eigenvalue weighted by molar-refractivity contribution is -0.145. The summed E-state index contributed by atoms with van der Waals surface area (Å²) in [6.07, 6.45) is -5.27. The molecule has 2 aromatic rings. The smallest absolute Gasteiger partial charge is 0.417 e. The number of alkyl halides is 3. The highest BCUT2D eigenvalue weighted by molar-refractivity contribution is 6.34. The van der Waals surface area contributed by atoms with Crippen LogP contribution in [-0.2, 0) is 20.4 Å². The maximum atomic E-state index is 14.4. The molecule has 0 aliphatic rings.